The first kappa shape index (κ1) is 12.5. The van der Waals surface area contributed by atoms with Gasteiger partial charge in [-0.15, -0.1) is 5.10 Å². The Morgan fingerprint density at radius 2 is 1.95 bits per heavy atom. The van der Waals surface area contributed by atoms with Crippen molar-refractivity contribution >= 4 is 28.3 Å². The van der Waals surface area contributed by atoms with E-state index in [1.165, 1.54) is 4.90 Å². The number of amides is 2. The Labute approximate surface area is 115 Å². The van der Waals surface area contributed by atoms with Gasteiger partial charge in [0.05, 0.1) is 18.4 Å². The topological polar surface area (TPSA) is 89.2 Å². The van der Waals surface area contributed by atoms with Crippen LogP contribution in [0.3, 0.4) is 0 Å². The van der Waals surface area contributed by atoms with Gasteiger partial charge in [0.25, 0.3) is 0 Å². The van der Waals surface area contributed by atoms with Crippen LogP contribution in [0, 0.1) is 17.8 Å². The molecule has 1 saturated carbocycles. The molecule has 2 amide bonds. The summed E-state index contributed by atoms with van der Waals surface area (Å²) in [6.07, 6.45) is 2.72. The van der Waals surface area contributed by atoms with Crippen LogP contribution in [0.4, 0.5) is 5.00 Å². The Morgan fingerprint density at radius 3 is 2.42 bits per heavy atom. The quantitative estimate of drug-likeness (QED) is 0.836. The van der Waals surface area contributed by atoms with Gasteiger partial charge in [-0.3, -0.25) is 14.5 Å². The minimum absolute atomic E-state index is 0.0571. The first-order valence-corrected chi connectivity index (χ1v) is 7.31. The second-order valence-electron chi connectivity index (χ2n) is 5.31. The van der Waals surface area contributed by atoms with Crippen LogP contribution in [0.15, 0.2) is 0 Å². The van der Waals surface area contributed by atoms with Gasteiger partial charge in [0.1, 0.15) is 10.7 Å². The molecule has 0 aromatic carbocycles. The van der Waals surface area contributed by atoms with E-state index in [0.29, 0.717) is 16.6 Å². The average molecular weight is 280 g/mol. The van der Waals surface area contributed by atoms with E-state index in [0.717, 1.165) is 30.8 Å². The minimum Gasteiger partial charge on any atom is -0.388 e. The smallest absolute Gasteiger partial charge is 0.233 e. The highest BCUT2D eigenvalue weighted by Crippen LogP contribution is 2.44. The van der Waals surface area contributed by atoms with Crippen molar-refractivity contribution in [1.29, 1.82) is 0 Å². The zero-order chi connectivity index (χ0) is 13.6. The summed E-state index contributed by atoms with van der Waals surface area (Å²) < 4.78 is 3.73. The summed E-state index contributed by atoms with van der Waals surface area (Å²) in [5.41, 5.74) is 6.24. The van der Waals surface area contributed by atoms with Crippen LogP contribution in [-0.4, -0.2) is 26.3 Å². The molecule has 19 heavy (non-hydrogen) atoms. The zero-order valence-corrected chi connectivity index (χ0v) is 11.5. The Bertz CT molecular complexity index is 506. The van der Waals surface area contributed by atoms with Gasteiger partial charge in [-0.2, -0.15) is 0 Å². The van der Waals surface area contributed by atoms with Gasteiger partial charge >= 0.3 is 0 Å². The number of nitrogens with zero attached hydrogens (tertiary/aromatic N) is 3. The summed E-state index contributed by atoms with van der Waals surface area (Å²) in [5.74, 6) is 0.156. The molecule has 102 valence electrons. The van der Waals surface area contributed by atoms with Crippen LogP contribution in [0.1, 0.15) is 31.9 Å². The van der Waals surface area contributed by atoms with Gasteiger partial charge in [-0.05, 0) is 18.8 Å². The van der Waals surface area contributed by atoms with Crippen molar-refractivity contribution in [3.05, 3.63) is 5.69 Å². The molecule has 1 saturated heterocycles. The maximum absolute atomic E-state index is 12.3. The molecule has 7 heteroatoms. The summed E-state index contributed by atoms with van der Waals surface area (Å²) in [4.78, 5) is 25.9. The molecular formula is C12H16N4O2S. The number of anilines is 1. The highest BCUT2D eigenvalue weighted by molar-refractivity contribution is 7.09. The number of carbonyl (C=O) groups is 2. The van der Waals surface area contributed by atoms with E-state index >= 15 is 0 Å². The van der Waals surface area contributed by atoms with Gasteiger partial charge in [0, 0.05) is 11.5 Å². The molecule has 0 radical (unpaired) electrons. The van der Waals surface area contributed by atoms with Gasteiger partial charge < -0.3 is 5.73 Å². The molecule has 0 spiro atoms. The Hall–Kier alpha value is -1.50. The van der Waals surface area contributed by atoms with Crippen molar-refractivity contribution < 1.29 is 9.59 Å². The number of fused-ring (bicyclic) bond motifs is 1. The SMILES string of the molecule is CCC1CC2C(=O)N(Cc3nnsc3N)C(=O)C2C1. The largest absolute Gasteiger partial charge is 0.388 e. The molecule has 2 aliphatic rings. The third-order valence-electron chi connectivity index (χ3n) is 4.30. The van der Waals surface area contributed by atoms with Crippen LogP contribution in [-0.2, 0) is 16.1 Å². The van der Waals surface area contributed by atoms with Crippen LogP contribution in [0.25, 0.3) is 0 Å². The fraction of sp³-hybridized carbons (Fsp3) is 0.667. The number of imide groups is 1. The number of likely N-dealkylation sites (tertiary alicyclic amines) is 1. The lowest BCUT2D eigenvalue weighted by molar-refractivity contribution is -0.141. The molecule has 2 atom stereocenters. The second kappa shape index (κ2) is 4.56. The predicted molar refractivity (Wildman–Crippen MR) is 69.9 cm³/mol. The predicted octanol–water partition coefficient (Wildman–Crippen LogP) is 1.04. The summed E-state index contributed by atoms with van der Waals surface area (Å²) in [6.45, 7) is 2.28. The van der Waals surface area contributed by atoms with Gasteiger partial charge in [-0.25, -0.2) is 0 Å². The molecule has 2 unspecified atom stereocenters. The average Bonchev–Trinajstić information content (AvgIpc) is 3.05. The first-order valence-electron chi connectivity index (χ1n) is 6.53. The fourth-order valence-corrected chi connectivity index (χ4v) is 3.60. The maximum atomic E-state index is 12.3. The third kappa shape index (κ3) is 1.92. The molecule has 1 aliphatic carbocycles. The van der Waals surface area contributed by atoms with Crippen LogP contribution < -0.4 is 5.73 Å². The monoisotopic (exact) mass is 280 g/mol. The highest BCUT2D eigenvalue weighted by atomic mass is 32.1. The molecule has 1 aromatic heterocycles. The standard InChI is InChI=1S/C12H16N4O2S/c1-2-6-3-7-8(4-6)12(18)16(11(7)17)5-9-10(13)19-15-14-9/h6-8H,2-5,13H2,1H3. The number of hydrogen-bond acceptors (Lipinski definition) is 6. The van der Waals surface area contributed by atoms with Gasteiger partial charge in [0.2, 0.25) is 11.8 Å². The molecule has 2 fully saturated rings. The van der Waals surface area contributed by atoms with Crippen LogP contribution in [0.5, 0.6) is 0 Å². The Balaban J connectivity index is 1.78. The fourth-order valence-electron chi connectivity index (χ4n) is 3.16. The van der Waals surface area contributed by atoms with E-state index in [2.05, 4.69) is 16.5 Å². The van der Waals surface area contributed by atoms with Crippen LogP contribution >= 0.6 is 11.5 Å². The van der Waals surface area contributed by atoms with E-state index in [1.54, 1.807) is 0 Å². The Kier molecular flexibility index (Phi) is 3.00. The van der Waals surface area contributed by atoms with Gasteiger partial charge in [-0.1, -0.05) is 17.8 Å². The lowest BCUT2D eigenvalue weighted by Gasteiger charge is -2.16. The summed E-state index contributed by atoms with van der Waals surface area (Å²) >= 11 is 1.08. The van der Waals surface area contributed by atoms with Crippen molar-refractivity contribution in [2.75, 3.05) is 5.73 Å². The van der Waals surface area contributed by atoms with E-state index in [-0.39, 0.29) is 30.2 Å². The number of rotatable bonds is 3. The van der Waals surface area contributed by atoms with Crippen molar-refractivity contribution in [3.8, 4) is 0 Å². The number of nitrogen functional groups attached to an aromatic ring is 1. The van der Waals surface area contributed by atoms with Crippen molar-refractivity contribution in [2.45, 2.75) is 32.7 Å². The van der Waals surface area contributed by atoms with Gasteiger partial charge in [0.15, 0.2) is 0 Å². The number of nitrogens with two attached hydrogens (primary N) is 1. The molecule has 1 aliphatic heterocycles. The molecular weight excluding hydrogens is 264 g/mol. The summed E-state index contributed by atoms with van der Waals surface area (Å²) in [7, 11) is 0. The Morgan fingerprint density at radius 1 is 1.32 bits per heavy atom. The second-order valence-corrected chi connectivity index (χ2v) is 6.09. The third-order valence-corrected chi connectivity index (χ3v) is 4.89. The zero-order valence-electron chi connectivity index (χ0n) is 10.7. The summed E-state index contributed by atoms with van der Waals surface area (Å²) in [6, 6.07) is 0. The lowest BCUT2D eigenvalue weighted by atomic mass is 10.00. The van der Waals surface area contributed by atoms with Crippen LogP contribution in [0.2, 0.25) is 0 Å². The van der Waals surface area contributed by atoms with Crippen molar-refractivity contribution in [3.63, 3.8) is 0 Å². The number of hydrogen-bond donors (Lipinski definition) is 1. The normalized spacial score (nSPS) is 30.2. The number of aromatic nitrogens is 2. The van der Waals surface area contributed by atoms with E-state index in [4.69, 9.17) is 5.73 Å². The number of carbonyl (C=O) groups excluding carboxylic acids is 2. The molecule has 0 bridgehead atoms. The van der Waals surface area contributed by atoms with E-state index < -0.39 is 0 Å². The van der Waals surface area contributed by atoms with E-state index in [9.17, 15) is 9.59 Å². The first-order chi connectivity index (χ1) is 9.11. The highest BCUT2D eigenvalue weighted by Gasteiger charge is 2.52. The van der Waals surface area contributed by atoms with E-state index in [1.807, 2.05) is 0 Å². The molecule has 2 N–H and O–H groups in total. The summed E-state index contributed by atoms with van der Waals surface area (Å²) in [5, 5.41) is 4.35. The molecule has 2 heterocycles. The maximum Gasteiger partial charge on any atom is 0.233 e. The molecule has 1 aromatic rings. The van der Waals surface area contributed by atoms with Crippen molar-refractivity contribution in [2.24, 2.45) is 17.8 Å². The minimum atomic E-state index is -0.120. The molecule has 6 nitrogen and oxygen atoms in total. The lowest BCUT2D eigenvalue weighted by Crippen LogP contribution is -2.32. The van der Waals surface area contributed by atoms with Crippen molar-refractivity contribution in [1.82, 2.24) is 14.5 Å². The molecule has 3 rings (SSSR count).